The number of H-pyrrole nitrogens is 1. The van der Waals surface area contributed by atoms with Crippen molar-refractivity contribution in [2.45, 2.75) is 24.2 Å². The zero-order valence-corrected chi connectivity index (χ0v) is 16.6. The summed E-state index contributed by atoms with van der Waals surface area (Å²) in [6, 6.07) is 9.51. The van der Waals surface area contributed by atoms with E-state index in [1.54, 1.807) is 0 Å². The molecule has 0 amide bonds. The number of thioether (sulfide) groups is 1. The molecule has 28 heavy (non-hydrogen) atoms. The van der Waals surface area contributed by atoms with E-state index in [1.807, 2.05) is 37.3 Å². The van der Waals surface area contributed by atoms with E-state index in [9.17, 15) is 14.4 Å². The number of carbonyl (C=O) groups excluding carboxylic acids is 1. The predicted octanol–water partition coefficient (Wildman–Crippen LogP) is 2.10. The molecule has 0 radical (unpaired) electrons. The molecule has 0 spiro atoms. The Morgan fingerprint density at radius 3 is 2.75 bits per heavy atom. The van der Waals surface area contributed by atoms with Crippen LogP contribution in [0, 0.1) is 0 Å². The Hall–Kier alpha value is -2.92. The molecular weight excluding hydrogens is 400 g/mol. The van der Waals surface area contributed by atoms with Crippen LogP contribution in [-0.2, 0) is 6.54 Å². The number of hydrogen-bond donors (Lipinski definition) is 3. The fourth-order valence-corrected chi connectivity index (χ4v) is 4.11. The summed E-state index contributed by atoms with van der Waals surface area (Å²) in [5.74, 6) is -0.622. The van der Waals surface area contributed by atoms with Gasteiger partial charge in [-0.25, -0.2) is 4.79 Å². The molecule has 0 saturated carbocycles. The van der Waals surface area contributed by atoms with Crippen LogP contribution in [0.5, 0.6) is 0 Å². The molecule has 2 heterocycles. The monoisotopic (exact) mass is 418 g/mol. The van der Waals surface area contributed by atoms with Crippen molar-refractivity contribution in [2.75, 3.05) is 16.8 Å². The molecule has 3 aromatic rings. The van der Waals surface area contributed by atoms with E-state index in [0.29, 0.717) is 22.4 Å². The molecule has 9 nitrogen and oxygen atoms in total. The van der Waals surface area contributed by atoms with Crippen LogP contribution < -0.4 is 22.3 Å². The minimum Gasteiger partial charge on any atom is -0.384 e. The van der Waals surface area contributed by atoms with Crippen molar-refractivity contribution in [3.8, 4) is 0 Å². The van der Waals surface area contributed by atoms with Crippen molar-refractivity contribution in [1.29, 1.82) is 0 Å². The number of hydrogen-bond acceptors (Lipinski definition) is 9. The Morgan fingerprint density at radius 2 is 2.04 bits per heavy atom. The van der Waals surface area contributed by atoms with E-state index in [4.69, 9.17) is 5.73 Å². The first-order chi connectivity index (χ1) is 13.5. The lowest BCUT2D eigenvalue weighted by atomic mass is 10.2. The number of aromatic nitrogens is 4. The van der Waals surface area contributed by atoms with Gasteiger partial charge in [0.1, 0.15) is 11.4 Å². The molecule has 11 heteroatoms. The summed E-state index contributed by atoms with van der Waals surface area (Å²) in [7, 11) is 0. The van der Waals surface area contributed by atoms with E-state index >= 15 is 0 Å². The zero-order valence-electron chi connectivity index (χ0n) is 15.0. The Morgan fingerprint density at radius 1 is 1.29 bits per heavy atom. The van der Waals surface area contributed by atoms with Crippen molar-refractivity contribution in [1.82, 2.24) is 19.7 Å². The highest BCUT2D eigenvalue weighted by molar-refractivity contribution is 8.01. The summed E-state index contributed by atoms with van der Waals surface area (Å²) < 4.78 is 1.77. The van der Waals surface area contributed by atoms with E-state index in [0.717, 1.165) is 17.4 Å². The Balaban J connectivity index is 1.70. The summed E-state index contributed by atoms with van der Waals surface area (Å²) in [5, 5.41) is 11.8. The number of para-hydroxylation sites is 1. The number of aromatic amines is 1. The van der Waals surface area contributed by atoms with Gasteiger partial charge < -0.3 is 11.1 Å². The highest BCUT2D eigenvalue weighted by Gasteiger charge is 2.20. The molecule has 0 aliphatic heterocycles. The molecule has 0 atom stereocenters. The van der Waals surface area contributed by atoms with Crippen LogP contribution >= 0.6 is 23.1 Å². The molecule has 4 N–H and O–H groups in total. The van der Waals surface area contributed by atoms with Gasteiger partial charge in [0.15, 0.2) is 10.1 Å². The summed E-state index contributed by atoms with van der Waals surface area (Å²) in [6.45, 7) is 2.19. The van der Waals surface area contributed by atoms with Gasteiger partial charge in [0.2, 0.25) is 5.13 Å². The summed E-state index contributed by atoms with van der Waals surface area (Å²) in [5.41, 5.74) is 5.20. The fourth-order valence-electron chi connectivity index (χ4n) is 2.47. The van der Waals surface area contributed by atoms with Gasteiger partial charge >= 0.3 is 5.69 Å². The number of rotatable bonds is 8. The molecule has 3 rings (SSSR count). The predicted molar refractivity (Wildman–Crippen MR) is 111 cm³/mol. The molecular formula is C17H18N6O3S2. The highest BCUT2D eigenvalue weighted by Crippen LogP contribution is 2.28. The number of benzene rings is 1. The molecule has 146 valence electrons. The lowest BCUT2D eigenvalue weighted by molar-refractivity contribution is 0.102. The maximum Gasteiger partial charge on any atom is 0.329 e. The summed E-state index contributed by atoms with van der Waals surface area (Å²) in [6.07, 6.45) is 0.639. The van der Waals surface area contributed by atoms with Gasteiger partial charge in [0, 0.05) is 12.2 Å². The van der Waals surface area contributed by atoms with Gasteiger partial charge in [-0.2, -0.15) is 0 Å². The number of nitrogens with two attached hydrogens (primary N) is 1. The third-order valence-electron chi connectivity index (χ3n) is 3.72. The van der Waals surface area contributed by atoms with Crippen molar-refractivity contribution < 1.29 is 4.79 Å². The average molecular weight is 419 g/mol. The number of anilines is 3. The topological polar surface area (TPSA) is 136 Å². The van der Waals surface area contributed by atoms with Gasteiger partial charge in [-0.15, -0.1) is 10.2 Å². The van der Waals surface area contributed by atoms with Crippen LogP contribution in [-0.4, -0.2) is 31.3 Å². The molecule has 1 aromatic carbocycles. The van der Waals surface area contributed by atoms with Gasteiger partial charge in [0.25, 0.3) is 5.56 Å². The van der Waals surface area contributed by atoms with Gasteiger partial charge in [-0.3, -0.25) is 19.1 Å². The van der Waals surface area contributed by atoms with E-state index in [2.05, 4.69) is 20.5 Å². The minimum atomic E-state index is -0.774. The second-order valence-electron chi connectivity index (χ2n) is 5.75. The van der Waals surface area contributed by atoms with Gasteiger partial charge in [-0.1, -0.05) is 48.2 Å². The Labute approximate surface area is 168 Å². The first-order valence-electron chi connectivity index (χ1n) is 8.43. The molecule has 0 fully saturated rings. The van der Waals surface area contributed by atoms with Crippen LogP contribution in [0.1, 0.15) is 23.7 Å². The Bertz CT molecular complexity index is 1090. The SMILES string of the molecule is CCCn1c(N)c(C(=O)CSc2nnc(Nc3ccccc3)s2)c(=O)[nH]c1=O. The largest absolute Gasteiger partial charge is 0.384 e. The molecule has 0 aliphatic carbocycles. The van der Waals surface area contributed by atoms with Crippen molar-refractivity contribution in [3.05, 3.63) is 56.7 Å². The van der Waals surface area contributed by atoms with Crippen LogP contribution in [0.4, 0.5) is 16.6 Å². The van der Waals surface area contributed by atoms with E-state index < -0.39 is 17.0 Å². The molecule has 0 saturated heterocycles. The van der Waals surface area contributed by atoms with Crippen LogP contribution in [0.15, 0.2) is 44.3 Å². The minimum absolute atomic E-state index is 0.0441. The number of nitrogen functional groups attached to an aromatic ring is 1. The van der Waals surface area contributed by atoms with E-state index in [-0.39, 0.29) is 17.1 Å². The average Bonchev–Trinajstić information content (AvgIpc) is 3.11. The van der Waals surface area contributed by atoms with Crippen LogP contribution in [0.25, 0.3) is 0 Å². The molecule has 0 bridgehead atoms. The number of ketones is 1. The summed E-state index contributed by atoms with van der Waals surface area (Å²) >= 11 is 2.45. The molecule has 0 aliphatic rings. The fraction of sp³-hybridized carbons (Fsp3) is 0.235. The van der Waals surface area contributed by atoms with Crippen molar-refractivity contribution in [2.24, 2.45) is 0 Å². The van der Waals surface area contributed by atoms with Crippen LogP contribution in [0.3, 0.4) is 0 Å². The molecule has 0 unspecified atom stereocenters. The summed E-state index contributed by atoms with van der Waals surface area (Å²) in [4.78, 5) is 38.6. The smallest absolute Gasteiger partial charge is 0.329 e. The first-order valence-corrected chi connectivity index (χ1v) is 10.2. The zero-order chi connectivity index (χ0) is 20.1. The quantitative estimate of drug-likeness (QED) is 0.374. The second-order valence-corrected chi connectivity index (χ2v) is 7.95. The lowest BCUT2D eigenvalue weighted by Crippen LogP contribution is -2.36. The number of carbonyl (C=O) groups is 1. The van der Waals surface area contributed by atoms with Gasteiger partial charge in [0.05, 0.1) is 5.75 Å². The third-order valence-corrected chi connectivity index (χ3v) is 5.70. The Kier molecular flexibility index (Phi) is 6.26. The maximum absolute atomic E-state index is 12.5. The molecule has 2 aromatic heterocycles. The van der Waals surface area contributed by atoms with Gasteiger partial charge in [-0.05, 0) is 18.6 Å². The second kappa shape index (κ2) is 8.85. The highest BCUT2D eigenvalue weighted by atomic mass is 32.2. The normalized spacial score (nSPS) is 10.8. The van der Waals surface area contributed by atoms with Crippen molar-refractivity contribution >= 4 is 45.5 Å². The number of nitrogens with one attached hydrogen (secondary N) is 2. The van der Waals surface area contributed by atoms with E-state index in [1.165, 1.54) is 15.9 Å². The number of nitrogens with zero attached hydrogens (tertiary/aromatic N) is 3. The van der Waals surface area contributed by atoms with Crippen LogP contribution in [0.2, 0.25) is 0 Å². The van der Waals surface area contributed by atoms with Crippen molar-refractivity contribution in [3.63, 3.8) is 0 Å². The number of Topliss-reactive ketones (excluding diaryl/α,β-unsaturated/α-hetero) is 1. The lowest BCUT2D eigenvalue weighted by Gasteiger charge is -2.10. The standard InChI is InChI=1S/C17H18N6O3S2/c1-2-8-23-13(18)12(14(25)20-16(23)26)11(24)9-27-17-22-21-15(28-17)19-10-6-4-3-5-7-10/h3-7H,2,8-9,18H2,1H3,(H,19,21)(H,20,25,26). The first kappa shape index (κ1) is 19.8. The maximum atomic E-state index is 12.5. The third kappa shape index (κ3) is 4.49.